The van der Waals surface area contributed by atoms with Crippen molar-refractivity contribution in [1.29, 1.82) is 0 Å². The van der Waals surface area contributed by atoms with Crippen LogP contribution in [0.3, 0.4) is 0 Å². The number of carbonyl (C=O) groups is 1. The molecule has 1 saturated heterocycles. The van der Waals surface area contributed by atoms with E-state index in [4.69, 9.17) is 9.84 Å². The first kappa shape index (κ1) is 12.2. The lowest BCUT2D eigenvalue weighted by Gasteiger charge is -2.30. The molecule has 0 saturated carbocycles. The summed E-state index contributed by atoms with van der Waals surface area (Å²) in [6, 6.07) is 7.69. The molecule has 17 heavy (non-hydrogen) atoms. The summed E-state index contributed by atoms with van der Waals surface area (Å²) >= 11 is 3.37. The van der Waals surface area contributed by atoms with Crippen LogP contribution in [0.2, 0.25) is 0 Å². The fourth-order valence-corrected chi connectivity index (χ4v) is 2.13. The van der Waals surface area contributed by atoms with Crippen LogP contribution in [0, 0.1) is 0 Å². The monoisotopic (exact) mass is 299 g/mol. The average molecular weight is 300 g/mol. The number of hydrogen-bond donors (Lipinski definition) is 1. The molecule has 0 aromatic heterocycles. The molecule has 1 aromatic rings. The third kappa shape index (κ3) is 3.36. The molecule has 1 amide bonds. The number of benzene rings is 1. The minimum Gasteiger partial charge on any atom is -0.490 e. The van der Waals surface area contributed by atoms with E-state index in [9.17, 15) is 4.79 Å². The quantitative estimate of drug-likeness (QED) is 0.913. The first-order valence-electron chi connectivity index (χ1n) is 5.55. The Morgan fingerprint density at radius 3 is 2.41 bits per heavy atom. The fraction of sp³-hybridized carbons (Fsp3) is 0.417. The van der Waals surface area contributed by atoms with Gasteiger partial charge in [0.15, 0.2) is 0 Å². The van der Waals surface area contributed by atoms with Gasteiger partial charge in [0.25, 0.3) is 0 Å². The Bertz CT molecular complexity index is 385. The van der Waals surface area contributed by atoms with Crippen LogP contribution in [0.5, 0.6) is 5.75 Å². The molecule has 0 bridgehead atoms. The van der Waals surface area contributed by atoms with Crippen LogP contribution in [-0.4, -0.2) is 35.3 Å². The van der Waals surface area contributed by atoms with Gasteiger partial charge in [-0.2, -0.15) is 0 Å². The normalized spacial score (nSPS) is 16.9. The summed E-state index contributed by atoms with van der Waals surface area (Å²) in [7, 11) is 0. The Morgan fingerprint density at radius 1 is 1.29 bits per heavy atom. The topological polar surface area (TPSA) is 49.8 Å². The molecule has 4 nitrogen and oxygen atoms in total. The van der Waals surface area contributed by atoms with E-state index in [1.807, 2.05) is 24.3 Å². The lowest BCUT2D eigenvalue weighted by atomic mass is 10.1. The van der Waals surface area contributed by atoms with Crippen molar-refractivity contribution in [3.05, 3.63) is 28.7 Å². The predicted octanol–water partition coefficient (Wildman–Crippen LogP) is 2.97. The molecule has 1 aliphatic rings. The van der Waals surface area contributed by atoms with Gasteiger partial charge in [0, 0.05) is 30.4 Å². The van der Waals surface area contributed by atoms with E-state index in [0.29, 0.717) is 13.1 Å². The Morgan fingerprint density at radius 2 is 1.88 bits per heavy atom. The zero-order valence-electron chi connectivity index (χ0n) is 9.30. The van der Waals surface area contributed by atoms with E-state index >= 15 is 0 Å². The molecule has 2 rings (SSSR count). The Hall–Kier alpha value is -1.23. The molecule has 1 N–H and O–H groups in total. The lowest BCUT2D eigenvalue weighted by molar-refractivity contribution is 0.0895. The van der Waals surface area contributed by atoms with Gasteiger partial charge < -0.3 is 14.7 Å². The van der Waals surface area contributed by atoms with Crippen LogP contribution >= 0.6 is 15.9 Å². The molecular formula is C12H14BrNO3. The highest BCUT2D eigenvalue weighted by atomic mass is 79.9. The summed E-state index contributed by atoms with van der Waals surface area (Å²) in [6.45, 7) is 1.10. The highest BCUT2D eigenvalue weighted by Gasteiger charge is 2.23. The maximum Gasteiger partial charge on any atom is 0.407 e. The minimum absolute atomic E-state index is 0.117. The van der Waals surface area contributed by atoms with Gasteiger partial charge in [-0.1, -0.05) is 15.9 Å². The molecule has 92 valence electrons. The van der Waals surface area contributed by atoms with Crippen LogP contribution in [0.1, 0.15) is 12.8 Å². The molecule has 0 aliphatic carbocycles. The summed E-state index contributed by atoms with van der Waals surface area (Å²) in [5, 5.41) is 8.82. The molecule has 1 fully saturated rings. The molecule has 1 aromatic carbocycles. The first-order valence-corrected chi connectivity index (χ1v) is 6.34. The first-order chi connectivity index (χ1) is 8.15. The predicted molar refractivity (Wildman–Crippen MR) is 67.4 cm³/mol. The number of likely N-dealkylation sites (tertiary alicyclic amines) is 1. The van der Waals surface area contributed by atoms with Gasteiger partial charge in [0.1, 0.15) is 11.9 Å². The van der Waals surface area contributed by atoms with Crippen molar-refractivity contribution < 1.29 is 14.6 Å². The lowest BCUT2D eigenvalue weighted by Crippen LogP contribution is -2.41. The Kier molecular flexibility index (Phi) is 3.89. The van der Waals surface area contributed by atoms with Crippen molar-refractivity contribution in [2.75, 3.05) is 13.1 Å². The van der Waals surface area contributed by atoms with Crippen LogP contribution in [-0.2, 0) is 0 Å². The zero-order valence-corrected chi connectivity index (χ0v) is 10.9. The molecule has 0 unspecified atom stereocenters. The van der Waals surface area contributed by atoms with Gasteiger partial charge in [-0.15, -0.1) is 0 Å². The second-order valence-electron chi connectivity index (χ2n) is 4.04. The molecule has 1 heterocycles. The second-order valence-corrected chi connectivity index (χ2v) is 4.96. The van der Waals surface area contributed by atoms with Crippen molar-refractivity contribution in [2.24, 2.45) is 0 Å². The molecule has 5 heteroatoms. The smallest absolute Gasteiger partial charge is 0.407 e. The molecule has 1 aliphatic heterocycles. The number of hydrogen-bond acceptors (Lipinski definition) is 2. The van der Waals surface area contributed by atoms with Crippen LogP contribution in [0.15, 0.2) is 28.7 Å². The number of halogens is 1. The third-order valence-electron chi connectivity index (χ3n) is 2.83. The number of amides is 1. The van der Waals surface area contributed by atoms with E-state index in [0.717, 1.165) is 23.1 Å². The van der Waals surface area contributed by atoms with Crippen molar-refractivity contribution in [2.45, 2.75) is 18.9 Å². The largest absolute Gasteiger partial charge is 0.490 e. The van der Waals surface area contributed by atoms with Crippen molar-refractivity contribution in [3.63, 3.8) is 0 Å². The minimum atomic E-state index is -0.841. The highest BCUT2D eigenvalue weighted by molar-refractivity contribution is 9.10. The second kappa shape index (κ2) is 5.40. The zero-order chi connectivity index (χ0) is 12.3. The highest BCUT2D eigenvalue weighted by Crippen LogP contribution is 2.21. The van der Waals surface area contributed by atoms with Gasteiger partial charge in [-0.25, -0.2) is 4.79 Å². The third-order valence-corrected chi connectivity index (χ3v) is 3.36. The van der Waals surface area contributed by atoms with Crippen LogP contribution in [0.4, 0.5) is 4.79 Å². The molecule has 0 spiro atoms. The number of piperidine rings is 1. The molecular weight excluding hydrogens is 286 g/mol. The van der Waals surface area contributed by atoms with Gasteiger partial charge >= 0.3 is 6.09 Å². The Labute approximate surface area is 108 Å². The SMILES string of the molecule is O=C(O)N1CCC(Oc2ccc(Br)cc2)CC1. The maximum atomic E-state index is 10.7. The Balaban J connectivity index is 1.85. The van der Waals surface area contributed by atoms with Crippen molar-refractivity contribution in [3.8, 4) is 5.75 Å². The number of ether oxygens (including phenoxy) is 1. The van der Waals surface area contributed by atoms with Crippen molar-refractivity contribution >= 4 is 22.0 Å². The van der Waals surface area contributed by atoms with Crippen LogP contribution in [0.25, 0.3) is 0 Å². The summed E-state index contributed by atoms with van der Waals surface area (Å²) in [4.78, 5) is 12.2. The van der Waals surface area contributed by atoms with Crippen LogP contribution < -0.4 is 4.74 Å². The van der Waals surface area contributed by atoms with E-state index in [-0.39, 0.29) is 6.10 Å². The van der Waals surface area contributed by atoms with Gasteiger partial charge in [-0.05, 0) is 24.3 Å². The molecule has 0 radical (unpaired) electrons. The van der Waals surface area contributed by atoms with Crippen molar-refractivity contribution in [1.82, 2.24) is 4.90 Å². The standard InChI is InChI=1S/C12H14BrNO3/c13-9-1-3-10(4-2-9)17-11-5-7-14(8-6-11)12(15)16/h1-4,11H,5-8H2,(H,15,16). The van der Waals surface area contributed by atoms with Gasteiger partial charge in [0.05, 0.1) is 0 Å². The number of nitrogens with zero attached hydrogens (tertiary/aromatic N) is 1. The summed E-state index contributed by atoms with van der Waals surface area (Å²) < 4.78 is 6.82. The van der Waals surface area contributed by atoms with E-state index in [1.165, 1.54) is 4.90 Å². The average Bonchev–Trinajstić information content (AvgIpc) is 2.33. The summed E-state index contributed by atoms with van der Waals surface area (Å²) in [6.07, 6.45) is 0.781. The number of rotatable bonds is 2. The number of carboxylic acid groups (broad SMARTS) is 1. The van der Waals surface area contributed by atoms with Gasteiger partial charge in [0.2, 0.25) is 0 Å². The maximum absolute atomic E-state index is 10.7. The van der Waals surface area contributed by atoms with Gasteiger partial charge in [-0.3, -0.25) is 0 Å². The fourth-order valence-electron chi connectivity index (χ4n) is 1.87. The molecule has 0 atom stereocenters. The summed E-state index contributed by atoms with van der Waals surface area (Å²) in [5.41, 5.74) is 0. The van der Waals surface area contributed by atoms with E-state index < -0.39 is 6.09 Å². The van der Waals surface area contributed by atoms with E-state index in [2.05, 4.69) is 15.9 Å². The summed E-state index contributed by atoms with van der Waals surface area (Å²) in [5.74, 6) is 0.835. The van der Waals surface area contributed by atoms with E-state index in [1.54, 1.807) is 0 Å².